The molecule has 0 saturated heterocycles. The maximum Gasteiger partial charge on any atom is 0.0999 e. The first-order chi connectivity index (χ1) is 4.31. The van der Waals surface area contributed by atoms with E-state index in [1.807, 2.05) is 6.92 Å². The summed E-state index contributed by atoms with van der Waals surface area (Å²) in [5.41, 5.74) is 0. The summed E-state index contributed by atoms with van der Waals surface area (Å²) >= 11 is 0. The van der Waals surface area contributed by atoms with Gasteiger partial charge in [-0.2, -0.15) is 0 Å². The van der Waals surface area contributed by atoms with Gasteiger partial charge in [0.1, 0.15) is 0 Å². The first-order valence-corrected chi connectivity index (χ1v) is 3.74. The molecule has 0 aromatic heterocycles. The number of hydrogen-bond acceptors (Lipinski definition) is 0. The van der Waals surface area contributed by atoms with E-state index >= 15 is 0 Å². The Balaban J connectivity index is 2.88. The molecule has 1 heteroatoms. The van der Waals surface area contributed by atoms with Crippen molar-refractivity contribution in [3.8, 4) is 0 Å². The van der Waals surface area contributed by atoms with Crippen LogP contribution in [0.4, 0.5) is 4.39 Å². The highest BCUT2D eigenvalue weighted by atomic mass is 19.1. The zero-order valence-electron chi connectivity index (χ0n) is 6.20. The van der Waals surface area contributed by atoms with E-state index in [0.717, 1.165) is 25.7 Å². The molecule has 0 spiro atoms. The van der Waals surface area contributed by atoms with Crippen molar-refractivity contribution in [2.75, 3.05) is 0 Å². The highest BCUT2D eigenvalue weighted by Crippen LogP contribution is 2.08. The molecule has 0 aliphatic carbocycles. The second kappa shape index (κ2) is 6.06. The van der Waals surface area contributed by atoms with Gasteiger partial charge in [-0.1, -0.05) is 33.1 Å². The summed E-state index contributed by atoms with van der Waals surface area (Å²) < 4.78 is 12.4. The molecule has 0 amide bonds. The maximum atomic E-state index is 12.4. The van der Waals surface area contributed by atoms with Crippen molar-refractivity contribution in [1.29, 1.82) is 0 Å². The van der Waals surface area contributed by atoms with Crippen LogP contribution in [0.15, 0.2) is 0 Å². The lowest BCUT2D eigenvalue weighted by molar-refractivity contribution is 0.298. The molecular weight excluding hydrogens is 115 g/mol. The summed E-state index contributed by atoms with van der Waals surface area (Å²) in [5, 5.41) is 0. The minimum absolute atomic E-state index is 0.573. The predicted octanol–water partition coefficient (Wildman–Crippen LogP) is 3.13. The van der Waals surface area contributed by atoms with Crippen LogP contribution < -0.4 is 0 Å². The monoisotopic (exact) mass is 131 g/mol. The van der Waals surface area contributed by atoms with E-state index in [4.69, 9.17) is 0 Å². The fourth-order valence-corrected chi connectivity index (χ4v) is 0.747. The van der Waals surface area contributed by atoms with E-state index in [2.05, 4.69) is 6.92 Å². The number of halogens is 1. The average molecular weight is 131 g/mol. The molecule has 0 saturated carbocycles. The summed E-state index contributed by atoms with van der Waals surface area (Å²) in [6.45, 7) is 5.57. The minimum Gasteiger partial charge on any atom is -0.248 e. The average Bonchev–Trinajstić information content (AvgIpc) is 1.89. The first kappa shape index (κ1) is 8.93. The zero-order chi connectivity index (χ0) is 7.11. The Kier molecular flexibility index (Phi) is 6.01. The summed E-state index contributed by atoms with van der Waals surface area (Å²) in [6.07, 6.45) is 3.83. The van der Waals surface area contributed by atoms with Crippen molar-refractivity contribution >= 4 is 0 Å². The van der Waals surface area contributed by atoms with E-state index in [9.17, 15) is 4.39 Å². The van der Waals surface area contributed by atoms with E-state index in [0.29, 0.717) is 6.42 Å². The normalized spacial score (nSPS) is 13.7. The molecule has 1 radical (unpaired) electrons. The molecule has 0 aliphatic rings. The van der Waals surface area contributed by atoms with E-state index in [1.54, 1.807) is 0 Å². The number of rotatable bonds is 5. The van der Waals surface area contributed by atoms with E-state index in [1.165, 1.54) is 0 Å². The predicted molar refractivity (Wildman–Crippen MR) is 39.0 cm³/mol. The highest BCUT2D eigenvalue weighted by Gasteiger charge is 2.00. The highest BCUT2D eigenvalue weighted by molar-refractivity contribution is 4.53. The fourth-order valence-electron chi connectivity index (χ4n) is 0.747. The summed E-state index contributed by atoms with van der Waals surface area (Å²) in [7, 11) is 0. The molecule has 9 heavy (non-hydrogen) atoms. The van der Waals surface area contributed by atoms with Crippen LogP contribution in [0, 0.1) is 6.92 Å². The van der Waals surface area contributed by atoms with E-state index in [-0.39, 0.29) is 0 Å². The van der Waals surface area contributed by atoms with Crippen molar-refractivity contribution in [3.05, 3.63) is 6.92 Å². The molecule has 1 unspecified atom stereocenters. The Morgan fingerprint density at radius 3 is 2.56 bits per heavy atom. The molecule has 0 N–H and O–H groups in total. The Labute approximate surface area is 57.5 Å². The number of alkyl halides is 1. The van der Waals surface area contributed by atoms with Crippen LogP contribution in [0.2, 0.25) is 0 Å². The van der Waals surface area contributed by atoms with Crippen LogP contribution >= 0.6 is 0 Å². The second-order valence-electron chi connectivity index (χ2n) is 2.35. The topological polar surface area (TPSA) is 0 Å². The number of hydrogen-bond donors (Lipinski definition) is 0. The summed E-state index contributed by atoms with van der Waals surface area (Å²) in [4.78, 5) is 0. The Hall–Kier alpha value is -0.0700. The standard InChI is InChI=1S/C8H16F/c1-3-5-6-7-8(9)4-2/h8H,1,3-7H2,2H3. The van der Waals surface area contributed by atoms with Gasteiger partial charge in [-0.3, -0.25) is 0 Å². The lowest BCUT2D eigenvalue weighted by Gasteiger charge is -2.01. The second-order valence-corrected chi connectivity index (χ2v) is 2.35. The lowest BCUT2D eigenvalue weighted by atomic mass is 10.1. The van der Waals surface area contributed by atoms with Crippen molar-refractivity contribution in [1.82, 2.24) is 0 Å². The van der Waals surface area contributed by atoms with Gasteiger partial charge in [0.2, 0.25) is 0 Å². The number of unbranched alkanes of at least 4 members (excludes halogenated alkanes) is 2. The van der Waals surface area contributed by atoms with Crippen molar-refractivity contribution in [3.63, 3.8) is 0 Å². The van der Waals surface area contributed by atoms with E-state index < -0.39 is 6.17 Å². The molecule has 0 bridgehead atoms. The van der Waals surface area contributed by atoms with Gasteiger partial charge in [0, 0.05) is 0 Å². The van der Waals surface area contributed by atoms with Crippen molar-refractivity contribution in [2.45, 2.75) is 45.2 Å². The van der Waals surface area contributed by atoms with Crippen LogP contribution in [0.1, 0.15) is 39.0 Å². The molecule has 0 aromatic carbocycles. The van der Waals surface area contributed by atoms with Gasteiger partial charge in [0.05, 0.1) is 6.17 Å². The molecule has 0 fully saturated rings. The Bertz CT molecular complexity index is 52.5. The molecule has 0 heterocycles. The molecule has 55 valence electrons. The summed E-state index contributed by atoms with van der Waals surface area (Å²) in [6, 6.07) is 0. The largest absolute Gasteiger partial charge is 0.248 e. The lowest BCUT2D eigenvalue weighted by Crippen LogP contribution is -1.96. The smallest absolute Gasteiger partial charge is 0.0999 e. The van der Waals surface area contributed by atoms with Gasteiger partial charge in [-0.05, 0) is 12.8 Å². The van der Waals surface area contributed by atoms with Crippen molar-refractivity contribution in [2.24, 2.45) is 0 Å². The summed E-state index contributed by atoms with van der Waals surface area (Å²) in [5.74, 6) is 0. The van der Waals surface area contributed by atoms with Crippen LogP contribution in [0.25, 0.3) is 0 Å². The quantitative estimate of drug-likeness (QED) is 0.503. The first-order valence-electron chi connectivity index (χ1n) is 3.74. The maximum absolute atomic E-state index is 12.4. The molecule has 0 nitrogen and oxygen atoms in total. The third kappa shape index (κ3) is 5.81. The van der Waals surface area contributed by atoms with Gasteiger partial charge in [0.15, 0.2) is 0 Å². The van der Waals surface area contributed by atoms with Crippen LogP contribution in [0.3, 0.4) is 0 Å². The third-order valence-electron chi connectivity index (χ3n) is 1.46. The molecule has 0 aliphatic heterocycles. The van der Waals surface area contributed by atoms with Gasteiger partial charge in [0.25, 0.3) is 0 Å². The SMILES string of the molecule is [CH2]CCCCC(F)CC. The van der Waals surface area contributed by atoms with Gasteiger partial charge < -0.3 is 0 Å². The van der Waals surface area contributed by atoms with Crippen LogP contribution in [-0.2, 0) is 0 Å². The van der Waals surface area contributed by atoms with Gasteiger partial charge in [-0.25, -0.2) is 4.39 Å². The fraction of sp³-hybridized carbons (Fsp3) is 0.875. The third-order valence-corrected chi connectivity index (χ3v) is 1.46. The Morgan fingerprint density at radius 1 is 1.44 bits per heavy atom. The van der Waals surface area contributed by atoms with Crippen LogP contribution in [0.5, 0.6) is 0 Å². The zero-order valence-corrected chi connectivity index (χ0v) is 6.20. The van der Waals surface area contributed by atoms with Gasteiger partial charge >= 0.3 is 0 Å². The molecular formula is C8H16F. The Morgan fingerprint density at radius 2 is 2.11 bits per heavy atom. The van der Waals surface area contributed by atoms with Crippen LogP contribution in [-0.4, -0.2) is 6.17 Å². The van der Waals surface area contributed by atoms with Gasteiger partial charge in [-0.15, -0.1) is 0 Å². The molecule has 0 rings (SSSR count). The molecule has 0 aromatic rings. The molecule has 1 atom stereocenters. The minimum atomic E-state index is -0.573. The van der Waals surface area contributed by atoms with Crippen molar-refractivity contribution < 1.29 is 4.39 Å².